The van der Waals surface area contributed by atoms with Gasteiger partial charge in [-0.05, 0) is 6.92 Å². The quantitative estimate of drug-likeness (QED) is 0.772. The van der Waals surface area contributed by atoms with Gasteiger partial charge in [0.25, 0.3) is 0 Å². The standard InChI is InChI=1S/C9H10N4O/c1-6-9(14-2)13-8(5-10-6)7-3-11-12-4-7/h3-5H,1-2H3,(H,11,12). The minimum atomic E-state index is 0.545. The second-order valence-corrected chi connectivity index (χ2v) is 2.84. The molecule has 5 nitrogen and oxygen atoms in total. The summed E-state index contributed by atoms with van der Waals surface area (Å²) in [7, 11) is 1.58. The molecule has 0 aliphatic heterocycles. The van der Waals surface area contributed by atoms with Gasteiger partial charge in [-0.2, -0.15) is 5.10 Å². The van der Waals surface area contributed by atoms with E-state index in [0.29, 0.717) is 5.88 Å². The number of aromatic nitrogens is 4. The first kappa shape index (κ1) is 8.68. The number of H-pyrrole nitrogens is 1. The van der Waals surface area contributed by atoms with Gasteiger partial charge >= 0.3 is 0 Å². The molecule has 0 fully saturated rings. The first-order valence-electron chi connectivity index (χ1n) is 4.18. The molecule has 2 aromatic heterocycles. The molecule has 0 unspecified atom stereocenters. The molecule has 2 rings (SSSR count). The third-order valence-corrected chi connectivity index (χ3v) is 1.90. The molecule has 2 heterocycles. The highest BCUT2D eigenvalue weighted by atomic mass is 16.5. The van der Waals surface area contributed by atoms with Crippen LogP contribution in [0.15, 0.2) is 18.6 Å². The molecule has 0 atom stereocenters. The van der Waals surface area contributed by atoms with Gasteiger partial charge in [-0.1, -0.05) is 0 Å². The van der Waals surface area contributed by atoms with E-state index in [0.717, 1.165) is 17.0 Å². The van der Waals surface area contributed by atoms with Gasteiger partial charge in [0.15, 0.2) is 0 Å². The predicted molar refractivity (Wildman–Crippen MR) is 50.9 cm³/mol. The lowest BCUT2D eigenvalue weighted by Crippen LogP contribution is -1.95. The molecule has 0 aromatic carbocycles. The number of aryl methyl sites for hydroxylation is 1. The smallest absolute Gasteiger partial charge is 0.235 e. The summed E-state index contributed by atoms with van der Waals surface area (Å²) in [6.07, 6.45) is 5.15. The SMILES string of the molecule is COc1nc(-c2cn[nH]c2)cnc1C. The number of nitrogens with zero attached hydrogens (tertiary/aromatic N) is 3. The highest BCUT2D eigenvalue weighted by Crippen LogP contribution is 2.18. The maximum atomic E-state index is 5.08. The van der Waals surface area contributed by atoms with Gasteiger partial charge < -0.3 is 4.74 Å². The zero-order valence-corrected chi connectivity index (χ0v) is 7.98. The van der Waals surface area contributed by atoms with Crippen molar-refractivity contribution in [3.8, 4) is 17.1 Å². The minimum Gasteiger partial charge on any atom is -0.480 e. The van der Waals surface area contributed by atoms with Gasteiger partial charge in [0.05, 0.1) is 30.9 Å². The predicted octanol–water partition coefficient (Wildman–Crippen LogP) is 1.18. The number of hydrogen-bond acceptors (Lipinski definition) is 4. The second kappa shape index (κ2) is 3.45. The fourth-order valence-electron chi connectivity index (χ4n) is 1.16. The van der Waals surface area contributed by atoms with Crippen LogP contribution >= 0.6 is 0 Å². The average Bonchev–Trinajstić information content (AvgIpc) is 2.71. The number of ether oxygens (including phenoxy) is 1. The summed E-state index contributed by atoms with van der Waals surface area (Å²) in [4.78, 5) is 8.47. The number of nitrogens with one attached hydrogen (secondary N) is 1. The van der Waals surface area contributed by atoms with E-state index in [1.165, 1.54) is 0 Å². The van der Waals surface area contributed by atoms with Gasteiger partial charge in [-0.15, -0.1) is 0 Å². The molecule has 14 heavy (non-hydrogen) atoms. The van der Waals surface area contributed by atoms with Crippen LogP contribution in [0.5, 0.6) is 5.88 Å². The number of hydrogen-bond donors (Lipinski definition) is 1. The van der Waals surface area contributed by atoms with Crippen LogP contribution in [0.25, 0.3) is 11.3 Å². The molecular formula is C9H10N4O. The second-order valence-electron chi connectivity index (χ2n) is 2.84. The Morgan fingerprint density at radius 1 is 1.36 bits per heavy atom. The molecule has 1 N–H and O–H groups in total. The Kier molecular flexibility index (Phi) is 2.14. The maximum Gasteiger partial charge on any atom is 0.235 e. The highest BCUT2D eigenvalue weighted by Gasteiger charge is 2.05. The molecule has 0 saturated carbocycles. The van der Waals surface area contributed by atoms with Crippen LogP contribution in [0.2, 0.25) is 0 Å². The van der Waals surface area contributed by atoms with E-state index in [9.17, 15) is 0 Å². The molecule has 0 radical (unpaired) electrons. The number of aromatic amines is 1. The van der Waals surface area contributed by atoms with E-state index in [1.807, 2.05) is 6.92 Å². The Hall–Kier alpha value is -1.91. The van der Waals surface area contributed by atoms with Crippen molar-refractivity contribution in [1.29, 1.82) is 0 Å². The maximum absolute atomic E-state index is 5.08. The Morgan fingerprint density at radius 2 is 2.21 bits per heavy atom. The lowest BCUT2D eigenvalue weighted by Gasteiger charge is -2.03. The molecule has 0 spiro atoms. The van der Waals surface area contributed by atoms with Crippen molar-refractivity contribution in [2.24, 2.45) is 0 Å². The fourth-order valence-corrected chi connectivity index (χ4v) is 1.16. The lowest BCUT2D eigenvalue weighted by molar-refractivity contribution is 0.392. The normalized spacial score (nSPS) is 10.1. The van der Waals surface area contributed by atoms with Crippen molar-refractivity contribution in [1.82, 2.24) is 20.2 Å². The van der Waals surface area contributed by atoms with Gasteiger partial charge in [0.2, 0.25) is 5.88 Å². The molecule has 0 bridgehead atoms. The Bertz CT molecular complexity index is 424. The number of methoxy groups -OCH3 is 1. The van der Waals surface area contributed by atoms with Crippen molar-refractivity contribution in [3.63, 3.8) is 0 Å². The van der Waals surface area contributed by atoms with E-state index >= 15 is 0 Å². The Labute approximate surface area is 81.2 Å². The summed E-state index contributed by atoms with van der Waals surface area (Å²) in [5.41, 5.74) is 2.43. The largest absolute Gasteiger partial charge is 0.480 e. The van der Waals surface area contributed by atoms with Crippen molar-refractivity contribution in [2.45, 2.75) is 6.92 Å². The molecular weight excluding hydrogens is 180 g/mol. The monoisotopic (exact) mass is 190 g/mol. The topological polar surface area (TPSA) is 63.7 Å². The first-order valence-corrected chi connectivity index (χ1v) is 4.18. The zero-order valence-electron chi connectivity index (χ0n) is 7.98. The summed E-state index contributed by atoms with van der Waals surface area (Å²) in [6.45, 7) is 1.85. The van der Waals surface area contributed by atoms with Crippen molar-refractivity contribution in [2.75, 3.05) is 7.11 Å². The summed E-state index contributed by atoms with van der Waals surface area (Å²) in [6, 6.07) is 0. The highest BCUT2D eigenvalue weighted by molar-refractivity contribution is 5.56. The fraction of sp³-hybridized carbons (Fsp3) is 0.222. The van der Waals surface area contributed by atoms with Gasteiger partial charge in [0.1, 0.15) is 0 Å². The van der Waals surface area contributed by atoms with Crippen molar-refractivity contribution in [3.05, 3.63) is 24.3 Å². The van der Waals surface area contributed by atoms with E-state index in [-0.39, 0.29) is 0 Å². The number of rotatable bonds is 2. The van der Waals surface area contributed by atoms with Crippen LogP contribution in [0.3, 0.4) is 0 Å². The zero-order chi connectivity index (χ0) is 9.97. The third-order valence-electron chi connectivity index (χ3n) is 1.90. The van der Waals surface area contributed by atoms with Crippen LogP contribution in [0.1, 0.15) is 5.69 Å². The van der Waals surface area contributed by atoms with Crippen LogP contribution in [-0.2, 0) is 0 Å². The van der Waals surface area contributed by atoms with Gasteiger partial charge in [-0.25, -0.2) is 4.98 Å². The van der Waals surface area contributed by atoms with E-state index in [1.54, 1.807) is 25.7 Å². The molecule has 5 heteroatoms. The first-order chi connectivity index (χ1) is 6.81. The molecule has 72 valence electrons. The molecule has 0 saturated heterocycles. The third kappa shape index (κ3) is 1.44. The van der Waals surface area contributed by atoms with Crippen LogP contribution in [0.4, 0.5) is 0 Å². The van der Waals surface area contributed by atoms with E-state index in [4.69, 9.17) is 4.74 Å². The summed E-state index contributed by atoms with van der Waals surface area (Å²) in [5, 5.41) is 6.56. The summed E-state index contributed by atoms with van der Waals surface area (Å²) < 4.78 is 5.08. The van der Waals surface area contributed by atoms with Crippen LogP contribution < -0.4 is 4.74 Å². The average molecular weight is 190 g/mol. The Balaban J connectivity index is 2.46. The van der Waals surface area contributed by atoms with Gasteiger partial charge in [0, 0.05) is 11.8 Å². The summed E-state index contributed by atoms with van der Waals surface area (Å²) in [5.74, 6) is 0.545. The van der Waals surface area contributed by atoms with Crippen LogP contribution in [0, 0.1) is 6.92 Å². The van der Waals surface area contributed by atoms with E-state index < -0.39 is 0 Å². The minimum absolute atomic E-state index is 0.545. The molecule has 2 aromatic rings. The van der Waals surface area contributed by atoms with Crippen molar-refractivity contribution >= 4 is 0 Å². The molecule has 0 aliphatic carbocycles. The molecule has 0 aliphatic rings. The van der Waals surface area contributed by atoms with Crippen LogP contribution in [-0.4, -0.2) is 27.3 Å². The van der Waals surface area contributed by atoms with Crippen molar-refractivity contribution < 1.29 is 4.74 Å². The lowest BCUT2D eigenvalue weighted by atomic mass is 10.3. The molecule has 0 amide bonds. The Morgan fingerprint density at radius 3 is 2.86 bits per heavy atom. The van der Waals surface area contributed by atoms with Gasteiger partial charge in [-0.3, -0.25) is 10.1 Å². The summed E-state index contributed by atoms with van der Waals surface area (Å²) >= 11 is 0. The van der Waals surface area contributed by atoms with E-state index in [2.05, 4.69) is 20.2 Å².